The van der Waals surface area contributed by atoms with Gasteiger partial charge in [0.25, 0.3) is 5.91 Å². The molecule has 0 aliphatic carbocycles. The molecule has 1 unspecified atom stereocenters. The topological polar surface area (TPSA) is 104 Å². The molecule has 152 valence electrons. The van der Waals surface area contributed by atoms with E-state index < -0.39 is 23.6 Å². The van der Waals surface area contributed by atoms with Gasteiger partial charge in [-0.3, -0.25) is 4.79 Å². The maximum Gasteiger partial charge on any atom is 0.277 e. The minimum Gasteiger partial charge on any atom is -0.391 e. The van der Waals surface area contributed by atoms with Gasteiger partial charge < -0.3 is 21.1 Å². The first kappa shape index (κ1) is 19.7. The summed E-state index contributed by atoms with van der Waals surface area (Å²) in [6.07, 6.45) is 2.66. The number of nitrogens with one attached hydrogen (secondary N) is 1. The molecular formula is C18H17F2N5O2S2. The fraction of sp³-hybridized carbons (Fsp3) is 0.278. The van der Waals surface area contributed by atoms with Crippen molar-refractivity contribution in [2.24, 2.45) is 0 Å². The average Bonchev–Trinajstić information content (AvgIpc) is 3.28. The highest BCUT2D eigenvalue weighted by Crippen LogP contribution is 2.35. The number of aliphatic hydroxyl groups is 1. The molecule has 4 N–H and O–H groups in total. The number of piperidine rings is 1. The zero-order valence-electron chi connectivity index (χ0n) is 15.1. The lowest BCUT2D eigenvalue weighted by atomic mass is 10.1. The number of amides is 1. The molecule has 0 bridgehead atoms. The molecule has 2 aromatic heterocycles. The smallest absolute Gasteiger partial charge is 0.277 e. The molecule has 1 aliphatic heterocycles. The second kappa shape index (κ2) is 8.01. The minimum atomic E-state index is -0.779. The van der Waals surface area contributed by atoms with Crippen LogP contribution in [0.1, 0.15) is 23.3 Å². The predicted octanol–water partition coefficient (Wildman–Crippen LogP) is 3.34. The number of halogens is 2. The summed E-state index contributed by atoms with van der Waals surface area (Å²) >= 11 is 2.05. The van der Waals surface area contributed by atoms with Crippen molar-refractivity contribution in [2.45, 2.75) is 18.9 Å². The van der Waals surface area contributed by atoms with Gasteiger partial charge in [-0.15, -0.1) is 0 Å². The van der Waals surface area contributed by atoms with Crippen molar-refractivity contribution < 1.29 is 18.7 Å². The lowest BCUT2D eigenvalue weighted by Crippen LogP contribution is -2.38. The standard InChI is InChI=1S/C18H17F2N5O2S2/c19-10-4-1-5-11(20)13(10)17-24-14(15(21)28-17)16(27)23-12-7-22-29-18(12)25-6-2-3-9(26)8-25/h1,4-5,7,9,26H,2-3,6,8,21H2,(H,23,27). The van der Waals surface area contributed by atoms with Crippen LogP contribution in [0.2, 0.25) is 0 Å². The molecule has 1 aromatic carbocycles. The van der Waals surface area contributed by atoms with E-state index in [4.69, 9.17) is 5.73 Å². The van der Waals surface area contributed by atoms with Crippen LogP contribution < -0.4 is 16.0 Å². The molecule has 29 heavy (non-hydrogen) atoms. The van der Waals surface area contributed by atoms with Crippen LogP contribution in [0.5, 0.6) is 0 Å². The molecule has 3 aromatic rings. The van der Waals surface area contributed by atoms with Gasteiger partial charge in [-0.2, -0.15) is 4.37 Å². The van der Waals surface area contributed by atoms with Crippen LogP contribution in [0.15, 0.2) is 24.4 Å². The Balaban J connectivity index is 1.58. The Hall–Kier alpha value is -2.63. The van der Waals surface area contributed by atoms with Crippen LogP contribution in [0.3, 0.4) is 0 Å². The van der Waals surface area contributed by atoms with Crippen LogP contribution in [-0.2, 0) is 0 Å². The van der Waals surface area contributed by atoms with Crippen LogP contribution in [0.4, 0.5) is 24.5 Å². The van der Waals surface area contributed by atoms with Crippen LogP contribution in [0.25, 0.3) is 10.6 Å². The summed E-state index contributed by atoms with van der Waals surface area (Å²) in [5.74, 6) is -2.15. The first-order valence-corrected chi connectivity index (χ1v) is 10.4. The monoisotopic (exact) mass is 437 g/mol. The van der Waals surface area contributed by atoms with E-state index in [2.05, 4.69) is 14.7 Å². The maximum atomic E-state index is 14.0. The number of benzene rings is 1. The first-order valence-electron chi connectivity index (χ1n) is 8.83. The van der Waals surface area contributed by atoms with Gasteiger partial charge in [0, 0.05) is 13.1 Å². The van der Waals surface area contributed by atoms with Crippen molar-refractivity contribution >= 4 is 44.5 Å². The fourth-order valence-electron chi connectivity index (χ4n) is 3.17. The third-order valence-corrected chi connectivity index (χ3v) is 6.29. The van der Waals surface area contributed by atoms with E-state index in [0.29, 0.717) is 12.2 Å². The Morgan fingerprint density at radius 1 is 1.34 bits per heavy atom. The van der Waals surface area contributed by atoms with E-state index in [1.165, 1.54) is 23.8 Å². The predicted molar refractivity (Wildman–Crippen MR) is 109 cm³/mol. The number of carbonyl (C=O) groups is 1. The van der Waals surface area contributed by atoms with Gasteiger partial charge in [0.2, 0.25) is 0 Å². The van der Waals surface area contributed by atoms with Crippen molar-refractivity contribution in [1.82, 2.24) is 9.36 Å². The number of nitrogens with two attached hydrogens (primary N) is 1. The number of carbonyl (C=O) groups excluding carboxylic acids is 1. The summed E-state index contributed by atoms with van der Waals surface area (Å²) in [6, 6.07) is 3.49. The Labute approximate surface area is 173 Å². The number of aliphatic hydroxyl groups excluding tert-OH is 1. The Bertz CT molecular complexity index is 1030. The average molecular weight is 437 g/mol. The molecular weight excluding hydrogens is 420 g/mol. The Kier molecular flexibility index (Phi) is 5.43. The number of nitrogens with zero attached hydrogens (tertiary/aromatic N) is 3. The van der Waals surface area contributed by atoms with Gasteiger partial charge in [-0.25, -0.2) is 13.8 Å². The second-order valence-electron chi connectivity index (χ2n) is 6.57. The number of β-amino-alcohol motifs (C(OH)–C–C–N with tert-alkyl or cyclic N) is 1. The molecule has 0 spiro atoms. The summed E-state index contributed by atoms with van der Waals surface area (Å²) in [7, 11) is 0. The molecule has 11 heteroatoms. The van der Waals surface area contributed by atoms with Gasteiger partial charge in [0.1, 0.15) is 26.6 Å². The van der Waals surface area contributed by atoms with E-state index in [9.17, 15) is 18.7 Å². The number of rotatable bonds is 4. The number of hydrogen-bond donors (Lipinski definition) is 3. The summed E-state index contributed by atoms with van der Waals surface area (Å²) in [5.41, 5.74) is 5.95. The molecule has 0 saturated carbocycles. The SMILES string of the molecule is Nc1sc(-c2c(F)cccc2F)nc1C(=O)Nc1cnsc1N1CCCC(O)C1. The van der Waals surface area contributed by atoms with Gasteiger partial charge >= 0.3 is 0 Å². The molecule has 1 saturated heterocycles. The zero-order chi connectivity index (χ0) is 20.5. The third-order valence-electron chi connectivity index (χ3n) is 4.53. The maximum absolute atomic E-state index is 14.0. The Morgan fingerprint density at radius 3 is 2.83 bits per heavy atom. The van der Waals surface area contributed by atoms with Gasteiger partial charge in [0.05, 0.1) is 23.6 Å². The molecule has 7 nitrogen and oxygen atoms in total. The number of nitrogen functional groups attached to an aromatic ring is 1. The van der Waals surface area contributed by atoms with E-state index >= 15 is 0 Å². The Morgan fingerprint density at radius 2 is 2.10 bits per heavy atom. The lowest BCUT2D eigenvalue weighted by molar-refractivity contribution is 0.102. The van der Waals surface area contributed by atoms with Crippen molar-refractivity contribution in [3.8, 4) is 10.6 Å². The third kappa shape index (κ3) is 3.93. The van der Waals surface area contributed by atoms with E-state index in [1.54, 1.807) is 0 Å². The summed E-state index contributed by atoms with van der Waals surface area (Å²) in [4.78, 5) is 18.8. The second-order valence-corrected chi connectivity index (χ2v) is 8.38. The normalized spacial score (nSPS) is 16.8. The number of hydrogen-bond acceptors (Lipinski definition) is 8. The van der Waals surface area contributed by atoms with Gasteiger partial charge in [0.15, 0.2) is 5.69 Å². The minimum absolute atomic E-state index is 0.00827. The van der Waals surface area contributed by atoms with Crippen molar-refractivity contribution in [3.05, 3.63) is 41.7 Å². The van der Waals surface area contributed by atoms with E-state index in [0.717, 1.165) is 47.9 Å². The highest BCUT2D eigenvalue weighted by atomic mass is 32.1. The van der Waals surface area contributed by atoms with E-state index in [1.807, 2.05) is 4.90 Å². The molecule has 1 atom stereocenters. The van der Waals surface area contributed by atoms with Gasteiger partial charge in [-0.1, -0.05) is 17.4 Å². The molecule has 1 amide bonds. The molecule has 4 rings (SSSR count). The van der Waals surface area contributed by atoms with Crippen LogP contribution in [0, 0.1) is 11.6 Å². The highest BCUT2D eigenvalue weighted by molar-refractivity contribution is 7.19. The number of aromatic nitrogens is 2. The lowest BCUT2D eigenvalue weighted by Gasteiger charge is -2.31. The molecule has 0 radical (unpaired) electrons. The van der Waals surface area contributed by atoms with Crippen molar-refractivity contribution in [2.75, 3.05) is 29.0 Å². The summed E-state index contributed by atoms with van der Waals surface area (Å²) in [5, 5.41) is 13.4. The highest BCUT2D eigenvalue weighted by Gasteiger charge is 2.25. The fourth-order valence-corrected chi connectivity index (χ4v) is 4.79. The summed E-state index contributed by atoms with van der Waals surface area (Å²) < 4.78 is 32.2. The van der Waals surface area contributed by atoms with Gasteiger partial charge in [-0.05, 0) is 36.5 Å². The number of thiazole rings is 1. The van der Waals surface area contributed by atoms with Crippen LogP contribution in [-0.4, -0.2) is 39.6 Å². The molecule has 1 fully saturated rings. The zero-order valence-corrected chi connectivity index (χ0v) is 16.7. The largest absolute Gasteiger partial charge is 0.391 e. The van der Waals surface area contributed by atoms with Crippen molar-refractivity contribution in [1.29, 1.82) is 0 Å². The van der Waals surface area contributed by atoms with Crippen LogP contribution >= 0.6 is 22.9 Å². The number of anilines is 3. The quantitative estimate of drug-likeness (QED) is 0.578. The first-order chi connectivity index (χ1) is 13.9. The van der Waals surface area contributed by atoms with E-state index in [-0.39, 0.29) is 21.3 Å². The molecule has 3 heterocycles. The van der Waals surface area contributed by atoms with Crippen molar-refractivity contribution in [3.63, 3.8) is 0 Å². The molecule has 1 aliphatic rings. The summed E-state index contributed by atoms with van der Waals surface area (Å²) in [6.45, 7) is 1.21.